The largest absolute Gasteiger partial charge is 0.486 e. The molecule has 2 aromatic carbocycles. The third kappa shape index (κ3) is 5.69. The molecule has 0 radical (unpaired) electrons. The molecule has 0 aliphatic carbocycles. The number of ether oxygens (including phenoxy) is 2. The fourth-order valence-electron chi connectivity index (χ4n) is 2.91. The molecule has 0 unspecified atom stereocenters. The van der Waals surface area contributed by atoms with Gasteiger partial charge in [0, 0.05) is 11.8 Å². The van der Waals surface area contributed by atoms with Crippen molar-refractivity contribution in [2.24, 2.45) is 0 Å². The molecule has 0 bridgehead atoms. The van der Waals surface area contributed by atoms with E-state index in [-0.39, 0.29) is 0 Å². The number of amides is 1. The van der Waals surface area contributed by atoms with Gasteiger partial charge in [-0.25, -0.2) is 8.42 Å². The van der Waals surface area contributed by atoms with E-state index < -0.39 is 22.5 Å². The van der Waals surface area contributed by atoms with Gasteiger partial charge in [0.15, 0.2) is 15.8 Å². The molecule has 3 aromatic rings. The van der Waals surface area contributed by atoms with Crippen LogP contribution in [0, 0.1) is 0 Å². The molecule has 0 saturated carbocycles. The second kappa shape index (κ2) is 9.76. The van der Waals surface area contributed by atoms with E-state index in [1.807, 2.05) is 30.3 Å². The van der Waals surface area contributed by atoms with Crippen molar-refractivity contribution in [3.05, 3.63) is 54.1 Å². The number of nitrogens with one attached hydrogen (secondary N) is 1. The van der Waals surface area contributed by atoms with Gasteiger partial charge in [-0.05, 0) is 17.7 Å². The summed E-state index contributed by atoms with van der Waals surface area (Å²) in [6.07, 6.45) is 1.04. The van der Waals surface area contributed by atoms with E-state index >= 15 is 0 Å². The predicted octanol–water partition coefficient (Wildman–Crippen LogP) is 3.01. The molecule has 4 rings (SSSR count). The summed E-state index contributed by atoms with van der Waals surface area (Å²) in [6, 6.07) is 14.7. The van der Waals surface area contributed by atoms with Gasteiger partial charge < -0.3 is 9.47 Å². The molecule has 32 heavy (non-hydrogen) atoms. The Hall–Kier alpha value is -2.83. The van der Waals surface area contributed by atoms with Gasteiger partial charge in [-0.3, -0.25) is 14.4 Å². The summed E-state index contributed by atoms with van der Waals surface area (Å²) in [5.41, 5.74) is 1.46. The first-order chi connectivity index (χ1) is 15.4. The average Bonchev–Trinajstić information content (AvgIpc) is 3.23. The summed E-state index contributed by atoms with van der Waals surface area (Å²) in [6.45, 7) is 0.389. The highest BCUT2D eigenvalue weighted by atomic mass is 32.2. The van der Waals surface area contributed by atoms with Gasteiger partial charge in [-0.2, -0.15) is 0 Å². The van der Waals surface area contributed by atoms with Gasteiger partial charge in [-0.1, -0.05) is 53.4 Å². The van der Waals surface area contributed by atoms with E-state index in [2.05, 4.69) is 15.5 Å². The lowest BCUT2D eigenvalue weighted by atomic mass is 10.2. The summed E-state index contributed by atoms with van der Waals surface area (Å²) in [7, 11) is -3.73. The quantitative estimate of drug-likeness (QED) is 0.377. The fourth-order valence-corrected chi connectivity index (χ4v) is 5.49. The van der Waals surface area contributed by atoms with E-state index in [4.69, 9.17) is 9.47 Å². The molecule has 0 spiro atoms. The summed E-state index contributed by atoms with van der Waals surface area (Å²) < 4.78 is 37.4. The maximum Gasteiger partial charge on any atom is 0.246 e. The van der Waals surface area contributed by atoms with Crippen LogP contribution in [-0.2, 0) is 20.6 Å². The topological polar surface area (TPSA) is 111 Å². The number of fused-ring (bicyclic) bond motifs is 1. The lowest BCUT2D eigenvalue weighted by molar-refractivity contribution is -0.114. The average molecular weight is 493 g/mol. The number of anilines is 2. The van der Waals surface area contributed by atoms with Crippen LogP contribution in [0.25, 0.3) is 0 Å². The van der Waals surface area contributed by atoms with Crippen molar-refractivity contribution in [2.75, 3.05) is 35.6 Å². The van der Waals surface area contributed by atoms with Gasteiger partial charge in [0.05, 0.1) is 11.9 Å². The minimum Gasteiger partial charge on any atom is -0.486 e. The molecule has 1 aliphatic rings. The molecular weight excluding hydrogens is 472 g/mol. The van der Waals surface area contributed by atoms with E-state index in [1.165, 1.54) is 23.1 Å². The Bertz CT molecular complexity index is 1200. The Labute approximate surface area is 193 Å². The third-order valence-corrected chi connectivity index (χ3v) is 7.54. The predicted molar refractivity (Wildman–Crippen MR) is 124 cm³/mol. The molecule has 1 N–H and O–H groups in total. The van der Waals surface area contributed by atoms with Crippen LogP contribution in [-0.4, -0.2) is 50.5 Å². The molecular formula is C20H20N4O5S3. The SMILES string of the molecule is CS(=O)(=O)N(CC(=O)Nc1nnc(SCc2ccccc2)s1)c1ccc2c(c1)OCCO2. The minimum atomic E-state index is -3.73. The Morgan fingerprint density at radius 1 is 1.12 bits per heavy atom. The number of rotatable bonds is 8. The molecule has 2 heterocycles. The van der Waals surface area contributed by atoms with Crippen LogP contribution in [0.4, 0.5) is 10.8 Å². The fraction of sp³-hybridized carbons (Fsp3) is 0.250. The first kappa shape index (κ1) is 22.4. The molecule has 0 atom stereocenters. The van der Waals surface area contributed by atoms with Crippen molar-refractivity contribution in [3.8, 4) is 11.5 Å². The highest BCUT2D eigenvalue weighted by Gasteiger charge is 2.24. The van der Waals surface area contributed by atoms with E-state index in [9.17, 15) is 13.2 Å². The van der Waals surface area contributed by atoms with Crippen molar-refractivity contribution in [3.63, 3.8) is 0 Å². The van der Waals surface area contributed by atoms with Crippen LogP contribution in [0.5, 0.6) is 11.5 Å². The smallest absolute Gasteiger partial charge is 0.246 e. The molecule has 168 valence electrons. The lowest BCUT2D eigenvalue weighted by Gasteiger charge is -2.24. The first-order valence-electron chi connectivity index (χ1n) is 9.56. The highest BCUT2D eigenvalue weighted by Crippen LogP contribution is 2.34. The van der Waals surface area contributed by atoms with Crippen LogP contribution < -0.4 is 19.1 Å². The van der Waals surface area contributed by atoms with E-state index in [0.29, 0.717) is 39.9 Å². The van der Waals surface area contributed by atoms with Crippen molar-refractivity contribution < 1.29 is 22.7 Å². The van der Waals surface area contributed by atoms with Gasteiger partial charge in [0.25, 0.3) is 0 Å². The van der Waals surface area contributed by atoms with Crippen LogP contribution in [0.3, 0.4) is 0 Å². The van der Waals surface area contributed by atoms with E-state index in [1.54, 1.807) is 18.2 Å². The number of sulfonamides is 1. The van der Waals surface area contributed by atoms with Crippen molar-refractivity contribution in [2.45, 2.75) is 10.1 Å². The number of carbonyl (C=O) groups is 1. The summed E-state index contributed by atoms with van der Waals surface area (Å²) in [4.78, 5) is 12.6. The van der Waals surface area contributed by atoms with Crippen LogP contribution in [0.1, 0.15) is 5.56 Å². The standard InChI is InChI=1S/C20H20N4O5S3/c1-32(26,27)24(15-7-8-16-17(11-15)29-10-9-28-16)12-18(25)21-19-22-23-20(31-19)30-13-14-5-3-2-4-6-14/h2-8,11H,9-10,12-13H2,1H3,(H,21,22,25). The Kier molecular flexibility index (Phi) is 6.82. The number of benzene rings is 2. The van der Waals surface area contributed by atoms with Gasteiger partial charge in [0.2, 0.25) is 21.1 Å². The van der Waals surface area contributed by atoms with Crippen LogP contribution in [0.15, 0.2) is 52.9 Å². The lowest BCUT2D eigenvalue weighted by Crippen LogP contribution is -2.37. The molecule has 1 aromatic heterocycles. The zero-order chi connectivity index (χ0) is 22.6. The normalized spacial score (nSPS) is 12.9. The molecule has 0 fully saturated rings. The molecule has 1 aliphatic heterocycles. The Morgan fingerprint density at radius 3 is 2.62 bits per heavy atom. The monoisotopic (exact) mass is 492 g/mol. The van der Waals surface area contributed by atoms with Crippen molar-refractivity contribution in [1.29, 1.82) is 0 Å². The number of nitrogens with zero attached hydrogens (tertiary/aromatic N) is 3. The van der Waals surface area contributed by atoms with Crippen LogP contribution >= 0.6 is 23.1 Å². The number of hydrogen-bond donors (Lipinski definition) is 1. The molecule has 12 heteroatoms. The maximum absolute atomic E-state index is 12.6. The maximum atomic E-state index is 12.6. The number of aromatic nitrogens is 2. The second-order valence-corrected chi connectivity index (χ2v) is 10.9. The summed E-state index contributed by atoms with van der Waals surface area (Å²) >= 11 is 2.74. The Balaban J connectivity index is 1.41. The number of thioether (sulfide) groups is 1. The van der Waals surface area contributed by atoms with Crippen molar-refractivity contribution >= 4 is 49.8 Å². The van der Waals surface area contributed by atoms with Gasteiger partial charge in [0.1, 0.15) is 19.8 Å². The second-order valence-electron chi connectivity index (χ2n) is 6.79. The summed E-state index contributed by atoms with van der Waals surface area (Å²) in [5, 5.41) is 11.0. The first-order valence-corrected chi connectivity index (χ1v) is 13.2. The zero-order valence-corrected chi connectivity index (χ0v) is 19.5. The molecule has 9 nitrogen and oxygen atoms in total. The Morgan fingerprint density at radius 2 is 1.88 bits per heavy atom. The highest BCUT2D eigenvalue weighted by molar-refractivity contribution is 8.00. The van der Waals surface area contributed by atoms with Crippen LogP contribution in [0.2, 0.25) is 0 Å². The zero-order valence-electron chi connectivity index (χ0n) is 17.1. The minimum absolute atomic E-state index is 0.307. The molecule has 0 saturated heterocycles. The summed E-state index contributed by atoms with van der Waals surface area (Å²) in [5.74, 6) is 1.18. The van der Waals surface area contributed by atoms with Crippen molar-refractivity contribution in [1.82, 2.24) is 10.2 Å². The number of hydrogen-bond acceptors (Lipinski definition) is 9. The van der Waals surface area contributed by atoms with E-state index in [0.717, 1.165) is 21.9 Å². The number of carbonyl (C=O) groups excluding carboxylic acids is 1. The molecule has 1 amide bonds. The van der Waals surface area contributed by atoms with Gasteiger partial charge in [-0.15, -0.1) is 10.2 Å². The van der Waals surface area contributed by atoms with Gasteiger partial charge >= 0.3 is 0 Å². The third-order valence-electron chi connectivity index (χ3n) is 4.36.